The van der Waals surface area contributed by atoms with Crippen LogP contribution in [0.4, 0.5) is 0 Å². The van der Waals surface area contributed by atoms with Crippen molar-refractivity contribution in [3.63, 3.8) is 0 Å². The molecule has 0 radical (unpaired) electrons. The Morgan fingerprint density at radius 2 is 1.61 bits per heavy atom. The van der Waals surface area contributed by atoms with Gasteiger partial charge in [0.1, 0.15) is 0 Å². The summed E-state index contributed by atoms with van der Waals surface area (Å²) in [6.07, 6.45) is 7.44. The number of hydrogen-bond acceptors (Lipinski definition) is 1. The molecule has 2 heteroatoms. The average Bonchev–Trinajstić information content (AvgIpc) is 3.00. The maximum Gasteiger partial charge on any atom is 0.0459 e. The van der Waals surface area contributed by atoms with Gasteiger partial charge in [0.2, 0.25) is 0 Å². The van der Waals surface area contributed by atoms with Crippen LogP contribution in [0.15, 0.2) is 60.8 Å². The number of likely N-dealkylation sites (tertiary alicyclic amines) is 1. The summed E-state index contributed by atoms with van der Waals surface area (Å²) in [5.74, 6) is 0. The van der Waals surface area contributed by atoms with Crippen LogP contribution in [0.3, 0.4) is 0 Å². The van der Waals surface area contributed by atoms with Gasteiger partial charge >= 0.3 is 0 Å². The van der Waals surface area contributed by atoms with Gasteiger partial charge in [0.25, 0.3) is 0 Å². The number of hydrogen-bond donors (Lipinski definition) is 0. The third-order valence-corrected chi connectivity index (χ3v) is 4.98. The molecule has 0 amide bonds. The molecule has 1 aliphatic rings. The van der Waals surface area contributed by atoms with Crippen LogP contribution in [-0.4, -0.2) is 28.9 Å². The van der Waals surface area contributed by atoms with Gasteiger partial charge in [0, 0.05) is 35.9 Å². The van der Waals surface area contributed by atoms with Gasteiger partial charge in [-0.1, -0.05) is 42.8 Å². The molecule has 3 aromatic rings. The first kappa shape index (κ1) is 14.5. The molecule has 4 rings (SSSR count). The SMILES string of the molecule is c1ccc(-c2cc3ccccn3c2CCN2CCCCC2)cc1. The van der Waals surface area contributed by atoms with Crippen LogP contribution >= 0.6 is 0 Å². The van der Waals surface area contributed by atoms with E-state index < -0.39 is 0 Å². The zero-order valence-corrected chi connectivity index (χ0v) is 13.6. The fourth-order valence-electron chi connectivity index (χ4n) is 3.75. The van der Waals surface area contributed by atoms with Gasteiger partial charge in [0.15, 0.2) is 0 Å². The highest BCUT2D eigenvalue weighted by molar-refractivity contribution is 5.73. The fourth-order valence-corrected chi connectivity index (χ4v) is 3.75. The van der Waals surface area contributed by atoms with Crippen molar-refractivity contribution in [3.05, 3.63) is 66.5 Å². The molecule has 0 unspecified atom stereocenters. The third kappa shape index (κ3) is 3.04. The van der Waals surface area contributed by atoms with Crippen molar-refractivity contribution in [2.24, 2.45) is 0 Å². The summed E-state index contributed by atoms with van der Waals surface area (Å²) < 4.78 is 2.37. The molecule has 2 aromatic heterocycles. The quantitative estimate of drug-likeness (QED) is 0.681. The molecule has 1 aromatic carbocycles. The monoisotopic (exact) mass is 304 g/mol. The number of piperidine rings is 1. The van der Waals surface area contributed by atoms with E-state index in [1.807, 2.05) is 0 Å². The van der Waals surface area contributed by atoms with E-state index in [1.54, 1.807) is 0 Å². The summed E-state index contributed by atoms with van der Waals surface area (Å²) in [4.78, 5) is 2.63. The Balaban J connectivity index is 1.68. The van der Waals surface area contributed by atoms with Crippen LogP contribution in [0.25, 0.3) is 16.6 Å². The normalized spacial score (nSPS) is 16.0. The fraction of sp³-hybridized carbons (Fsp3) is 0.333. The highest BCUT2D eigenvalue weighted by Crippen LogP contribution is 2.28. The van der Waals surface area contributed by atoms with E-state index in [-0.39, 0.29) is 0 Å². The predicted octanol–water partition coefficient (Wildman–Crippen LogP) is 4.63. The largest absolute Gasteiger partial charge is 0.320 e. The molecule has 0 spiro atoms. The Labute approximate surface area is 138 Å². The Hall–Kier alpha value is -2.06. The van der Waals surface area contributed by atoms with Gasteiger partial charge in [-0.3, -0.25) is 0 Å². The lowest BCUT2D eigenvalue weighted by Gasteiger charge is -2.26. The first-order valence-electron chi connectivity index (χ1n) is 8.78. The molecule has 1 saturated heterocycles. The average molecular weight is 304 g/mol. The number of aromatic nitrogens is 1. The lowest BCUT2D eigenvalue weighted by molar-refractivity contribution is 0.231. The maximum atomic E-state index is 2.63. The standard InChI is InChI=1S/C21H24N2/c1-3-9-18(10-4-1)20-17-19-11-5-8-15-23(19)21(20)12-16-22-13-6-2-7-14-22/h1,3-5,8-11,15,17H,2,6-7,12-14,16H2. The van der Waals surface area contributed by atoms with Crippen LogP contribution in [0.2, 0.25) is 0 Å². The molecule has 1 aliphatic heterocycles. The first-order chi connectivity index (χ1) is 11.4. The molecule has 118 valence electrons. The van der Waals surface area contributed by atoms with E-state index in [0.29, 0.717) is 0 Å². The summed E-state index contributed by atoms with van der Waals surface area (Å²) in [5, 5.41) is 0. The minimum absolute atomic E-state index is 1.11. The number of fused-ring (bicyclic) bond motifs is 1. The van der Waals surface area contributed by atoms with E-state index >= 15 is 0 Å². The van der Waals surface area contributed by atoms with Gasteiger partial charge in [-0.15, -0.1) is 0 Å². The second-order valence-corrected chi connectivity index (χ2v) is 6.52. The zero-order chi connectivity index (χ0) is 15.5. The smallest absolute Gasteiger partial charge is 0.0459 e. The lowest BCUT2D eigenvalue weighted by atomic mass is 10.0. The van der Waals surface area contributed by atoms with Crippen LogP contribution in [0.5, 0.6) is 0 Å². The molecule has 3 heterocycles. The molecular formula is C21H24N2. The summed E-state index contributed by atoms with van der Waals surface area (Å²) in [6.45, 7) is 3.70. The maximum absolute atomic E-state index is 2.63. The molecule has 2 nitrogen and oxygen atoms in total. The number of rotatable bonds is 4. The van der Waals surface area contributed by atoms with Gasteiger partial charge in [-0.2, -0.15) is 0 Å². The highest BCUT2D eigenvalue weighted by atomic mass is 15.1. The summed E-state index contributed by atoms with van der Waals surface area (Å²) in [7, 11) is 0. The van der Waals surface area contributed by atoms with E-state index in [9.17, 15) is 0 Å². The van der Waals surface area contributed by atoms with Crippen molar-refractivity contribution in [2.45, 2.75) is 25.7 Å². The van der Waals surface area contributed by atoms with Crippen molar-refractivity contribution in [3.8, 4) is 11.1 Å². The third-order valence-electron chi connectivity index (χ3n) is 4.98. The number of pyridine rings is 1. The topological polar surface area (TPSA) is 7.65 Å². The Morgan fingerprint density at radius 3 is 2.43 bits per heavy atom. The van der Waals surface area contributed by atoms with Gasteiger partial charge < -0.3 is 9.30 Å². The van der Waals surface area contributed by atoms with Crippen molar-refractivity contribution >= 4 is 5.52 Å². The Morgan fingerprint density at radius 1 is 0.826 bits per heavy atom. The molecule has 0 bridgehead atoms. The van der Waals surface area contributed by atoms with Crippen LogP contribution in [0.1, 0.15) is 25.0 Å². The van der Waals surface area contributed by atoms with Gasteiger partial charge in [-0.25, -0.2) is 0 Å². The molecule has 0 atom stereocenters. The summed E-state index contributed by atoms with van der Waals surface area (Å²) in [6, 6.07) is 19.6. The predicted molar refractivity (Wildman–Crippen MR) is 96.8 cm³/mol. The van der Waals surface area contributed by atoms with Crippen molar-refractivity contribution in [1.29, 1.82) is 0 Å². The van der Waals surface area contributed by atoms with E-state index in [0.717, 1.165) is 6.42 Å². The Bertz CT molecular complexity index is 767. The molecule has 0 saturated carbocycles. The van der Waals surface area contributed by atoms with E-state index in [4.69, 9.17) is 0 Å². The van der Waals surface area contributed by atoms with E-state index in [2.05, 4.69) is 70.1 Å². The lowest BCUT2D eigenvalue weighted by Crippen LogP contribution is -2.31. The minimum atomic E-state index is 1.11. The molecule has 23 heavy (non-hydrogen) atoms. The molecule has 1 fully saturated rings. The van der Waals surface area contributed by atoms with E-state index in [1.165, 1.54) is 61.2 Å². The molecule has 0 N–H and O–H groups in total. The summed E-state index contributed by atoms with van der Waals surface area (Å²) >= 11 is 0. The number of nitrogens with zero attached hydrogens (tertiary/aromatic N) is 2. The second-order valence-electron chi connectivity index (χ2n) is 6.52. The van der Waals surface area contributed by atoms with Crippen molar-refractivity contribution in [2.75, 3.05) is 19.6 Å². The zero-order valence-electron chi connectivity index (χ0n) is 13.6. The highest BCUT2D eigenvalue weighted by Gasteiger charge is 2.15. The van der Waals surface area contributed by atoms with Gasteiger partial charge in [-0.05, 0) is 49.7 Å². The minimum Gasteiger partial charge on any atom is -0.320 e. The second kappa shape index (κ2) is 6.59. The van der Waals surface area contributed by atoms with Crippen LogP contribution < -0.4 is 0 Å². The molecule has 0 aliphatic carbocycles. The van der Waals surface area contributed by atoms with Crippen LogP contribution in [0, 0.1) is 0 Å². The number of benzene rings is 1. The Kier molecular flexibility index (Phi) is 4.16. The van der Waals surface area contributed by atoms with Crippen molar-refractivity contribution in [1.82, 2.24) is 9.30 Å². The summed E-state index contributed by atoms with van der Waals surface area (Å²) in [5.41, 5.74) is 5.44. The van der Waals surface area contributed by atoms with Crippen molar-refractivity contribution < 1.29 is 0 Å². The first-order valence-corrected chi connectivity index (χ1v) is 8.78. The van der Waals surface area contributed by atoms with Gasteiger partial charge in [0.05, 0.1) is 0 Å². The molecular weight excluding hydrogens is 280 g/mol. The van der Waals surface area contributed by atoms with Crippen LogP contribution in [-0.2, 0) is 6.42 Å².